The maximum atomic E-state index is 9.54. The first-order valence-electron chi connectivity index (χ1n) is 11.3. The number of unbranched alkanes of at least 4 members (excludes halogenated alkanes) is 7. The molecule has 154 valence electrons. The van der Waals surface area contributed by atoms with Crippen molar-refractivity contribution in [3.8, 4) is 11.3 Å². The number of rotatable bonds is 14. The molecule has 0 bridgehead atoms. The SMILES string of the molecule is CCCCCCCCCCc1ccc(CCCC(C)O)c(-c2cccnn2)c1. The molecule has 0 aliphatic heterocycles. The van der Waals surface area contributed by atoms with Crippen molar-refractivity contribution in [1.29, 1.82) is 0 Å². The van der Waals surface area contributed by atoms with Crippen LogP contribution in [0.1, 0.15) is 89.2 Å². The number of hydrogen-bond donors (Lipinski definition) is 1. The number of aliphatic hydroxyl groups is 1. The molecule has 2 aromatic rings. The Balaban J connectivity index is 1.91. The molecule has 28 heavy (non-hydrogen) atoms. The third-order valence-electron chi connectivity index (χ3n) is 5.41. The summed E-state index contributed by atoms with van der Waals surface area (Å²) in [6.07, 6.45) is 16.2. The molecular formula is C25H38N2O. The first kappa shape index (κ1) is 22.5. The minimum atomic E-state index is -0.235. The monoisotopic (exact) mass is 382 g/mol. The van der Waals surface area contributed by atoms with Crippen molar-refractivity contribution in [2.45, 2.75) is 97.0 Å². The molecule has 3 nitrogen and oxygen atoms in total. The van der Waals surface area contributed by atoms with E-state index in [1.54, 1.807) is 6.20 Å². The van der Waals surface area contributed by atoms with Gasteiger partial charge < -0.3 is 5.11 Å². The van der Waals surface area contributed by atoms with Gasteiger partial charge in [0.1, 0.15) is 0 Å². The van der Waals surface area contributed by atoms with Crippen LogP contribution in [0.15, 0.2) is 36.5 Å². The summed E-state index contributed by atoms with van der Waals surface area (Å²) in [5, 5.41) is 17.9. The molecule has 0 saturated heterocycles. The number of aryl methyl sites for hydroxylation is 2. The molecular weight excluding hydrogens is 344 g/mol. The number of aromatic nitrogens is 2. The van der Waals surface area contributed by atoms with E-state index < -0.39 is 0 Å². The highest BCUT2D eigenvalue weighted by molar-refractivity contribution is 5.64. The van der Waals surface area contributed by atoms with Crippen molar-refractivity contribution in [2.75, 3.05) is 0 Å². The lowest BCUT2D eigenvalue weighted by Gasteiger charge is -2.12. The van der Waals surface area contributed by atoms with Crippen LogP contribution >= 0.6 is 0 Å². The minimum Gasteiger partial charge on any atom is -0.393 e. The standard InChI is InChI=1S/C25H38N2O/c1-3-4-5-6-7-8-9-10-14-22-17-18-23(15-11-13-21(2)28)24(20-22)25-16-12-19-26-27-25/h12,16-21,28H,3-11,13-15H2,1-2H3. The van der Waals surface area contributed by atoms with Gasteiger partial charge >= 0.3 is 0 Å². The van der Waals surface area contributed by atoms with E-state index in [-0.39, 0.29) is 6.10 Å². The van der Waals surface area contributed by atoms with E-state index in [1.165, 1.54) is 68.1 Å². The summed E-state index contributed by atoms with van der Waals surface area (Å²) in [6, 6.07) is 10.8. The van der Waals surface area contributed by atoms with Crippen molar-refractivity contribution < 1.29 is 5.11 Å². The summed E-state index contributed by atoms with van der Waals surface area (Å²) >= 11 is 0. The molecule has 0 spiro atoms. The van der Waals surface area contributed by atoms with Gasteiger partial charge in [-0.25, -0.2) is 0 Å². The summed E-state index contributed by atoms with van der Waals surface area (Å²) in [5.41, 5.74) is 4.86. The number of benzene rings is 1. The van der Waals surface area contributed by atoms with Gasteiger partial charge in [-0.05, 0) is 68.4 Å². The first-order valence-corrected chi connectivity index (χ1v) is 11.3. The normalized spacial score (nSPS) is 12.2. The van der Waals surface area contributed by atoms with Crippen LogP contribution in [0.4, 0.5) is 0 Å². The smallest absolute Gasteiger partial charge is 0.0932 e. The fourth-order valence-electron chi connectivity index (χ4n) is 3.73. The predicted molar refractivity (Wildman–Crippen MR) is 118 cm³/mol. The van der Waals surface area contributed by atoms with Crippen LogP contribution in [-0.4, -0.2) is 21.4 Å². The van der Waals surface area contributed by atoms with Crippen LogP contribution in [0.25, 0.3) is 11.3 Å². The van der Waals surface area contributed by atoms with E-state index in [1.807, 2.05) is 19.1 Å². The third-order valence-corrected chi connectivity index (χ3v) is 5.41. The average Bonchev–Trinajstić information content (AvgIpc) is 2.71. The molecule has 1 unspecified atom stereocenters. The average molecular weight is 383 g/mol. The van der Waals surface area contributed by atoms with Gasteiger partial charge in [0, 0.05) is 11.8 Å². The Labute approximate surface area is 171 Å². The Morgan fingerprint density at radius 1 is 0.893 bits per heavy atom. The van der Waals surface area contributed by atoms with E-state index >= 15 is 0 Å². The Hall–Kier alpha value is -1.74. The minimum absolute atomic E-state index is 0.235. The highest BCUT2D eigenvalue weighted by Gasteiger charge is 2.09. The lowest BCUT2D eigenvalue weighted by molar-refractivity contribution is 0.182. The lowest BCUT2D eigenvalue weighted by Crippen LogP contribution is -2.01. The van der Waals surface area contributed by atoms with Crippen LogP contribution in [0.5, 0.6) is 0 Å². The second kappa shape index (κ2) is 13.4. The van der Waals surface area contributed by atoms with Crippen molar-refractivity contribution in [1.82, 2.24) is 10.2 Å². The van der Waals surface area contributed by atoms with Gasteiger partial charge in [0.05, 0.1) is 11.8 Å². The van der Waals surface area contributed by atoms with Crippen molar-refractivity contribution >= 4 is 0 Å². The second-order valence-electron chi connectivity index (χ2n) is 8.07. The molecule has 1 heterocycles. The van der Waals surface area contributed by atoms with Gasteiger partial charge in [-0.15, -0.1) is 0 Å². The van der Waals surface area contributed by atoms with Crippen LogP contribution in [0.3, 0.4) is 0 Å². The number of nitrogens with zero attached hydrogens (tertiary/aromatic N) is 2. The maximum absolute atomic E-state index is 9.54. The van der Waals surface area contributed by atoms with Gasteiger partial charge in [-0.3, -0.25) is 0 Å². The van der Waals surface area contributed by atoms with E-state index in [0.717, 1.165) is 31.4 Å². The van der Waals surface area contributed by atoms with Crippen molar-refractivity contribution in [2.24, 2.45) is 0 Å². The zero-order chi connectivity index (χ0) is 20.0. The van der Waals surface area contributed by atoms with E-state index in [9.17, 15) is 5.11 Å². The summed E-state index contributed by atoms with van der Waals surface area (Å²) in [7, 11) is 0. The van der Waals surface area contributed by atoms with Gasteiger partial charge in [-0.2, -0.15) is 10.2 Å². The van der Waals surface area contributed by atoms with Crippen molar-refractivity contribution in [3.63, 3.8) is 0 Å². The van der Waals surface area contributed by atoms with Gasteiger partial charge in [-0.1, -0.05) is 64.0 Å². The zero-order valence-corrected chi connectivity index (χ0v) is 17.9. The fourth-order valence-corrected chi connectivity index (χ4v) is 3.73. The molecule has 2 rings (SSSR count). The first-order chi connectivity index (χ1) is 13.7. The molecule has 0 fully saturated rings. The quantitative estimate of drug-likeness (QED) is 0.378. The Bertz CT molecular complexity index is 655. The summed E-state index contributed by atoms with van der Waals surface area (Å²) in [4.78, 5) is 0. The largest absolute Gasteiger partial charge is 0.393 e. The van der Waals surface area contributed by atoms with Gasteiger partial charge in [0.25, 0.3) is 0 Å². The Morgan fingerprint density at radius 2 is 1.64 bits per heavy atom. The highest BCUT2D eigenvalue weighted by atomic mass is 16.3. The van der Waals surface area contributed by atoms with E-state index in [0.29, 0.717) is 0 Å². The molecule has 0 radical (unpaired) electrons. The topological polar surface area (TPSA) is 46.0 Å². The molecule has 1 aromatic carbocycles. The molecule has 1 atom stereocenters. The number of aliphatic hydroxyl groups excluding tert-OH is 1. The molecule has 0 amide bonds. The zero-order valence-electron chi connectivity index (χ0n) is 17.9. The molecule has 0 aliphatic carbocycles. The van der Waals surface area contributed by atoms with Gasteiger partial charge in [0.2, 0.25) is 0 Å². The van der Waals surface area contributed by atoms with Crippen molar-refractivity contribution in [3.05, 3.63) is 47.7 Å². The molecule has 1 N–H and O–H groups in total. The highest BCUT2D eigenvalue weighted by Crippen LogP contribution is 2.25. The third kappa shape index (κ3) is 8.52. The molecule has 1 aromatic heterocycles. The molecule has 0 aliphatic rings. The number of hydrogen-bond acceptors (Lipinski definition) is 3. The van der Waals surface area contributed by atoms with Crippen LogP contribution in [0.2, 0.25) is 0 Å². The second-order valence-corrected chi connectivity index (χ2v) is 8.07. The van der Waals surface area contributed by atoms with Crippen LogP contribution in [-0.2, 0) is 12.8 Å². The molecule has 0 saturated carbocycles. The summed E-state index contributed by atoms with van der Waals surface area (Å²) < 4.78 is 0. The Kier molecular flexibility index (Phi) is 10.8. The fraction of sp³-hybridized carbons (Fsp3) is 0.600. The van der Waals surface area contributed by atoms with Gasteiger partial charge in [0.15, 0.2) is 0 Å². The maximum Gasteiger partial charge on any atom is 0.0932 e. The predicted octanol–water partition coefficient (Wildman–Crippen LogP) is 6.53. The van der Waals surface area contributed by atoms with E-state index in [4.69, 9.17) is 0 Å². The van der Waals surface area contributed by atoms with E-state index in [2.05, 4.69) is 35.3 Å². The summed E-state index contributed by atoms with van der Waals surface area (Å²) in [6.45, 7) is 4.13. The lowest BCUT2D eigenvalue weighted by atomic mass is 9.94. The molecule has 3 heteroatoms. The Morgan fingerprint density at radius 3 is 2.32 bits per heavy atom. The summed E-state index contributed by atoms with van der Waals surface area (Å²) in [5.74, 6) is 0. The van der Waals surface area contributed by atoms with Crippen LogP contribution in [0, 0.1) is 0 Å². The van der Waals surface area contributed by atoms with Crippen LogP contribution < -0.4 is 0 Å².